The van der Waals surface area contributed by atoms with Gasteiger partial charge in [0.15, 0.2) is 17.6 Å². The summed E-state index contributed by atoms with van der Waals surface area (Å²) in [5.74, 6) is -0.0964. The first-order valence-corrected chi connectivity index (χ1v) is 12.8. The van der Waals surface area contributed by atoms with E-state index in [2.05, 4.69) is 35.4 Å². The summed E-state index contributed by atoms with van der Waals surface area (Å²) in [5.41, 5.74) is 0.687. The van der Waals surface area contributed by atoms with Gasteiger partial charge in [-0.3, -0.25) is 10.4 Å². The van der Waals surface area contributed by atoms with Crippen molar-refractivity contribution in [3.05, 3.63) is 10.7 Å². The molecule has 1 saturated carbocycles. The maximum Gasteiger partial charge on any atom is 0.390 e. The largest absolute Gasteiger partial charge is 0.390 e. The molecule has 2 fully saturated rings. The molecule has 0 amide bonds. The first kappa shape index (κ1) is 24.2. The number of H-pyrrole nitrogens is 1. The minimum atomic E-state index is -4.49. The van der Waals surface area contributed by atoms with Crippen LogP contribution in [0.2, 0.25) is 0 Å². The fraction of sp³-hybridized carbons (Fsp3) is 0.789. The third-order valence-corrected chi connectivity index (χ3v) is 7.50. The molecular formula is C19H30F3N7O3S. The fourth-order valence-electron chi connectivity index (χ4n) is 4.39. The number of sulfonamides is 1. The fourth-order valence-corrected chi connectivity index (χ4v) is 5.76. The zero-order valence-corrected chi connectivity index (χ0v) is 19.2. The van der Waals surface area contributed by atoms with Crippen LogP contribution in [0.25, 0.3) is 6.20 Å². The molecule has 0 radical (unpaired) electrons. The van der Waals surface area contributed by atoms with Crippen molar-refractivity contribution in [2.24, 2.45) is 4.99 Å². The van der Waals surface area contributed by atoms with E-state index in [-0.39, 0.29) is 24.5 Å². The Hall–Kier alpha value is -1.90. The number of fused-ring (bicyclic) bond motifs is 1. The highest BCUT2D eigenvalue weighted by Gasteiger charge is 2.32. The van der Waals surface area contributed by atoms with E-state index < -0.39 is 28.4 Å². The van der Waals surface area contributed by atoms with E-state index in [9.17, 15) is 21.6 Å². The minimum absolute atomic E-state index is 0.111. The zero-order chi connectivity index (χ0) is 23.6. The van der Waals surface area contributed by atoms with Gasteiger partial charge in [-0.05, 0) is 32.6 Å². The standard InChI is InChI=1S/C19H30F3N7O3S/c1-12-11-29(7-8-32-12)17-15-10-23-18(25-16(15)26-27-17)24-13-2-4-14(5-3-13)28-33(30,31)9-6-19(20,21)22/h10,12-14,18,23-24,28H,2-9,11H2,1H3,(H,25,26)/t12-,13?,14?,18?/m0/s1. The van der Waals surface area contributed by atoms with Crippen LogP contribution >= 0.6 is 0 Å². The Bertz CT molecular complexity index is 1040. The number of nitrogens with zero attached hydrogens (tertiary/aromatic N) is 3. The Balaban J connectivity index is 1.28. The molecule has 2 atom stereocenters. The molecule has 10 nitrogen and oxygen atoms in total. The summed E-state index contributed by atoms with van der Waals surface area (Å²) in [6.07, 6.45) is -1.68. The Morgan fingerprint density at radius 1 is 1.24 bits per heavy atom. The molecule has 14 heteroatoms. The summed E-state index contributed by atoms with van der Waals surface area (Å²) in [4.78, 5) is 6.82. The van der Waals surface area contributed by atoms with Crippen molar-refractivity contribution >= 4 is 22.0 Å². The van der Waals surface area contributed by atoms with Crippen molar-refractivity contribution in [2.45, 2.75) is 69.7 Å². The maximum atomic E-state index is 12.3. The molecule has 2 aliphatic heterocycles. The van der Waals surface area contributed by atoms with Crippen LogP contribution in [0.4, 0.5) is 19.0 Å². The molecule has 0 bridgehead atoms. The number of aromatic amines is 1. The monoisotopic (exact) mass is 493 g/mol. The van der Waals surface area contributed by atoms with Gasteiger partial charge >= 0.3 is 6.18 Å². The Morgan fingerprint density at radius 2 is 1.97 bits per heavy atom. The average Bonchev–Trinajstić information content (AvgIpc) is 3.17. The first-order chi connectivity index (χ1) is 15.6. The van der Waals surface area contributed by atoms with Crippen LogP contribution in [0.15, 0.2) is 4.99 Å². The van der Waals surface area contributed by atoms with Crippen LogP contribution < -0.4 is 31.0 Å². The van der Waals surface area contributed by atoms with Crippen LogP contribution in [0.3, 0.4) is 0 Å². The smallest absolute Gasteiger partial charge is 0.375 e. The van der Waals surface area contributed by atoms with Gasteiger partial charge in [0.25, 0.3) is 0 Å². The van der Waals surface area contributed by atoms with Gasteiger partial charge in [0.05, 0.1) is 30.1 Å². The van der Waals surface area contributed by atoms with Gasteiger partial charge in [-0.2, -0.15) is 18.3 Å². The summed E-state index contributed by atoms with van der Waals surface area (Å²) in [7, 11) is -3.95. The van der Waals surface area contributed by atoms with Crippen molar-refractivity contribution in [3.8, 4) is 0 Å². The molecule has 0 spiro atoms. The summed E-state index contributed by atoms with van der Waals surface area (Å²) in [6, 6.07) is -0.235. The second kappa shape index (κ2) is 9.76. The molecule has 4 rings (SSSR count). The normalized spacial score (nSPS) is 28.4. The Morgan fingerprint density at radius 3 is 2.67 bits per heavy atom. The first-order valence-electron chi connectivity index (χ1n) is 11.2. The molecule has 33 heavy (non-hydrogen) atoms. The number of aromatic nitrogens is 2. The summed E-state index contributed by atoms with van der Waals surface area (Å²) >= 11 is 0. The van der Waals surface area contributed by atoms with E-state index in [1.807, 2.05) is 13.1 Å². The van der Waals surface area contributed by atoms with Crippen molar-refractivity contribution in [2.75, 3.05) is 30.3 Å². The molecule has 1 aromatic rings. The van der Waals surface area contributed by atoms with Gasteiger partial charge in [-0.15, -0.1) is 0 Å². The highest BCUT2D eigenvalue weighted by atomic mass is 32.2. The molecule has 186 valence electrons. The van der Waals surface area contributed by atoms with E-state index in [0.717, 1.165) is 24.1 Å². The molecule has 4 N–H and O–H groups in total. The molecule has 0 aromatic carbocycles. The average molecular weight is 494 g/mol. The topological polar surface area (TPSA) is 124 Å². The lowest BCUT2D eigenvalue weighted by Crippen LogP contribution is -2.52. The van der Waals surface area contributed by atoms with E-state index >= 15 is 0 Å². The van der Waals surface area contributed by atoms with Gasteiger partial charge in [0.2, 0.25) is 10.0 Å². The van der Waals surface area contributed by atoms with Gasteiger partial charge < -0.3 is 15.0 Å². The van der Waals surface area contributed by atoms with E-state index in [1.54, 1.807) is 0 Å². The number of rotatable bonds is 7. The van der Waals surface area contributed by atoms with E-state index in [4.69, 9.17) is 4.74 Å². The number of anilines is 1. The number of morpholine rings is 1. The molecule has 1 aromatic heterocycles. The van der Waals surface area contributed by atoms with Crippen LogP contribution in [0.1, 0.15) is 39.0 Å². The van der Waals surface area contributed by atoms with Crippen LogP contribution in [-0.2, 0) is 14.8 Å². The van der Waals surface area contributed by atoms with E-state index in [1.165, 1.54) is 0 Å². The zero-order valence-electron chi connectivity index (χ0n) is 18.4. The number of nitrogens with one attached hydrogen (secondary N) is 4. The van der Waals surface area contributed by atoms with Crippen molar-refractivity contribution in [1.29, 1.82) is 0 Å². The quantitative estimate of drug-likeness (QED) is 0.410. The maximum absolute atomic E-state index is 12.3. The second-order valence-electron chi connectivity index (χ2n) is 8.80. The molecule has 1 unspecified atom stereocenters. The number of alkyl halides is 3. The van der Waals surface area contributed by atoms with Gasteiger partial charge in [-0.1, -0.05) is 0 Å². The van der Waals surface area contributed by atoms with Crippen molar-refractivity contribution in [3.63, 3.8) is 0 Å². The molecule has 1 saturated heterocycles. The number of hydrogen-bond donors (Lipinski definition) is 4. The Kier molecular flexibility index (Phi) is 7.17. The third kappa shape index (κ3) is 6.58. The van der Waals surface area contributed by atoms with Crippen LogP contribution in [0, 0.1) is 0 Å². The molecular weight excluding hydrogens is 463 g/mol. The van der Waals surface area contributed by atoms with Crippen molar-refractivity contribution in [1.82, 2.24) is 25.6 Å². The summed E-state index contributed by atoms with van der Waals surface area (Å²) in [6.45, 7) is 4.20. The molecule has 3 heterocycles. The highest BCUT2D eigenvalue weighted by molar-refractivity contribution is 7.89. The SMILES string of the molecule is C[C@H]1CN(c2n[nH]c3c2=CNC(NC2CCC(NS(=O)(=O)CCC(F)(F)F)CC2)N=3)CCO1. The van der Waals surface area contributed by atoms with Crippen LogP contribution in [-0.4, -0.2) is 74.7 Å². The van der Waals surface area contributed by atoms with Crippen molar-refractivity contribution < 1.29 is 26.3 Å². The van der Waals surface area contributed by atoms with Gasteiger partial charge in [-0.25, -0.2) is 18.1 Å². The number of hydrogen-bond acceptors (Lipinski definition) is 8. The molecule has 3 aliphatic rings. The lowest BCUT2D eigenvalue weighted by Gasteiger charge is -2.32. The lowest BCUT2D eigenvalue weighted by atomic mass is 9.92. The highest BCUT2D eigenvalue weighted by Crippen LogP contribution is 2.22. The van der Waals surface area contributed by atoms with Gasteiger partial charge in [0.1, 0.15) is 0 Å². The van der Waals surface area contributed by atoms with Gasteiger partial charge in [0, 0.05) is 31.4 Å². The second-order valence-corrected chi connectivity index (χ2v) is 10.7. The number of ether oxygens (including phenoxy) is 1. The summed E-state index contributed by atoms with van der Waals surface area (Å²) in [5, 5.41) is 15.0. The summed E-state index contributed by atoms with van der Waals surface area (Å²) < 4.78 is 68.8. The number of halogens is 3. The predicted octanol–water partition coefficient (Wildman–Crippen LogP) is -0.348. The van der Waals surface area contributed by atoms with E-state index in [0.29, 0.717) is 37.8 Å². The molecule has 1 aliphatic carbocycles. The third-order valence-electron chi connectivity index (χ3n) is 6.07. The van der Waals surface area contributed by atoms with Crippen LogP contribution in [0.5, 0.6) is 0 Å². The Labute approximate surface area is 190 Å². The minimum Gasteiger partial charge on any atom is -0.375 e. The predicted molar refractivity (Wildman–Crippen MR) is 115 cm³/mol. The lowest BCUT2D eigenvalue weighted by molar-refractivity contribution is -0.130.